The van der Waals surface area contributed by atoms with Crippen LogP contribution in [0.2, 0.25) is 0 Å². The van der Waals surface area contributed by atoms with Gasteiger partial charge in [-0.25, -0.2) is 14.5 Å². The number of nitrogens with zero attached hydrogens (tertiary/aromatic N) is 4. The maximum absolute atomic E-state index is 12.6. The van der Waals surface area contributed by atoms with E-state index in [0.29, 0.717) is 5.92 Å². The van der Waals surface area contributed by atoms with Crippen molar-refractivity contribution in [3.8, 4) is 5.69 Å². The highest BCUT2D eigenvalue weighted by Gasteiger charge is 2.25. The summed E-state index contributed by atoms with van der Waals surface area (Å²) < 4.78 is 1.79. The SMILES string of the molecule is Cc1nn(-c2ccccc2)cc1NC(=O)N1CCC(c2cnc[nH]2)CC1. The van der Waals surface area contributed by atoms with E-state index >= 15 is 0 Å². The smallest absolute Gasteiger partial charge is 0.321 e. The van der Waals surface area contributed by atoms with Crippen LogP contribution in [0.25, 0.3) is 5.69 Å². The van der Waals surface area contributed by atoms with Crippen LogP contribution < -0.4 is 5.32 Å². The lowest BCUT2D eigenvalue weighted by atomic mass is 9.94. The molecule has 2 amide bonds. The number of amides is 2. The Hall–Kier alpha value is -3.09. The van der Waals surface area contributed by atoms with Gasteiger partial charge in [0.1, 0.15) is 0 Å². The molecule has 3 aromatic rings. The standard InChI is InChI=1S/C19H22N6O/c1-14-18(12-25(23-14)16-5-3-2-4-6-16)22-19(26)24-9-7-15(8-10-24)17-11-20-13-21-17/h2-6,11-13,15H,7-10H2,1H3,(H,20,21)(H,22,26). The molecule has 3 heterocycles. The molecule has 7 heteroatoms. The van der Waals surface area contributed by atoms with E-state index in [1.54, 1.807) is 11.0 Å². The van der Waals surface area contributed by atoms with E-state index in [1.807, 2.05) is 54.5 Å². The maximum Gasteiger partial charge on any atom is 0.321 e. The Morgan fingerprint density at radius 1 is 1.23 bits per heavy atom. The molecule has 2 aromatic heterocycles. The monoisotopic (exact) mass is 350 g/mol. The summed E-state index contributed by atoms with van der Waals surface area (Å²) in [6, 6.07) is 9.80. The zero-order valence-corrected chi connectivity index (χ0v) is 14.7. The predicted octanol–water partition coefficient (Wildman–Crippen LogP) is 3.32. The van der Waals surface area contributed by atoms with Crippen molar-refractivity contribution in [2.24, 2.45) is 0 Å². The molecular weight excluding hydrogens is 328 g/mol. The van der Waals surface area contributed by atoms with Gasteiger partial charge in [-0.1, -0.05) is 18.2 Å². The molecule has 26 heavy (non-hydrogen) atoms. The molecule has 0 aliphatic carbocycles. The minimum absolute atomic E-state index is 0.0660. The van der Waals surface area contributed by atoms with E-state index in [2.05, 4.69) is 20.4 Å². The molecular formula is C19H22N6O. The molecule has 134 valence electrons. The maximum atomic E-state index is 12.6. The summed E-state index contributed by atoms with van der Waals surface area (Å²) in [4.78, 5) is 21.7. The number of rotatable bonds is 3. The first-order chi connectivity index (χ1) is 12.7. The number of para-hydroxylation sites is 1. The second kappa shape index (κ2) is 7.03. The highest BCUT2D eigenvalue weighted by molar-refractivity contribution is 5.89. The van der Waals surface area contributed by atoms with Crippen LogP contribution in [-0.2, 0) is 0 Å². The highest BCUT2D eigenvalue weighted by atomic mass is 16.2. The number of aromatic nitrogens is 4. The van der Waals surface area contributed by atoms with E-state index in [0.717, 1.165) is 48.7 Å². The third-order valence-electron chi connectivity index (χ3n) is 4.90. The number of H-pyrrole nitrogens is 1. The summed E-state index contributed by atoms with van der Waals surface area (Å²) in [5.41, 5.74) is 3.67. The van der Waals surface area contributed by atoms with Gasteiger partial charge in [-0.3, -0.25) is 0 Å². The second-order valence-corrected chi connectivity index (χ2v) is 6.61. The van der Waals surface area contributed by atoms with Gasteiger partial charge in [0.05, 0.1) is 29.6 Å². The second-order valence-electron chi connectivity index (χ2n) is 6.61. The molecule has 1 saturated heterocycles. The van der Waals surface area contributed by atoms with Gasteiger partial charge in [0, 0.05) is 30.9 Å². The number of anilines is 1. The minimum Gasteiger partial charge on any atom is -0.348 e. The van der Waals surface area contributed by atoms with Crippen LogP contribution in [0.4, 0.5) is 10.5 Å². The molecule has 1 fully saturated rings. The summed E-state index contributed by atoms with van der Waals surface area (Å²) in [5.74, 6) is 0.448. The number of urea groups is 1. The number of benzene rings is 1. The Labute approximate surface area is 152 Å². The van der Waals surface area contributed by atoms with Crippen molar-refractivity contribution in [2.45, 2.75) is 25.7 Å². The quantitative estimate of drug-likeness (QED) is 0.760. The number of aromatic amines is 1. The highest BCUT2D eigenvalue weighted by Crippen LogP contribution is 2.26. The topological polar surface area (TPSA) is 78.8 Å². The Morgan fingerprint density at radius 2 is 2.00 bits per heavy atom. The number of carbonyl (C=O) groups is 1. The first kappa shape index (κ1) is 16.4. The van der Waals surface area contributed by atoms with Crippen LogP contribution in [0.3, 0.4) is 0 Å². The number of aryl methyl sites for hydroxylation is 1. The lowest BCUT2D eigenvalue weighted by Gasteiger charge is -2.31. The summed E-state index contributed by atoms with van der Waals surface area (Å²) >= 11 is 0. The Kier molecular flexibility index (Phi) is 4.43. The van der Waals surface area contributed by atoms with Crippen molar-refractivity contribution in [1.82, 2.24) is 24.6 Å². The van der Waals surface area contributed by atoms with Crippen molar-refractivity contribution >= 4 is 11.7 Å². The van der Waals surface area contributed by atoms with Crippen LogP contribution in [0.1, 0.15) is 30.1 Å². The molecule has 1 aliphatic rings. The van der Waals surface area contributed by atoms with Crippen molar-refractivity contribution in [2.75, 3.05) is 18.4 Å². The van der Waals surface area contributed by atoms with Crippen LogP contribution in [0.15, 0.2) is 49.1 Å². The van der Waals surface area contributed by atoms with E-state index in [9.17, 15) is 4.79 Å². The summed E-state index contributed by atoms with van der Waals surface area (Å²) in [5, 5.41) is 7.50. The number of hydrogen-bond acceptors (Lipinski definition) is 3. The van der Waals surface area contributed by atoms with Gasteiger partial charge in [0.15, 0.2) is 0 Å². The van der Waals surface area contributed by atoms with Gasteiger partial charge in [0.25, 0.3) is 0 Å². The average Bonchev–Trinajstić information content (AvgIpc) is 3.33. The third kappa shape index (κ3) is 3.33. The molecule has 0 atom stereocenters. The normalized spacial score (nSPS) is 15.2. The van der Waals surface area contributed by atoms with Crippen molar-refractivity contribution < 1.29 is 4.79 Å². The van der Waals surface area contributed by atoms with Gasteiger partial charge >= 0.3 is 6.03 Å². The molecule has 1 aromatic carbocycles. The molecule has 0 spiro atoms. The number of hydrogen-bond donors (Lipinski definition) is 2. The Balaban J connectivity index is 1.39. The zero-order chi connectivity index (χ0) is 17.9. The first-order valence-corrected chi connectivity index (χ1v) is 8.86. The number of likely N-dealkylation sites (tertiary alicyclic amines) is 1. The van der Waals surface area contributed by atoms with Gasteiger partial charge in [0.2, 0.25) is 0 Å². The summed E-state index contributed by atoms with van der Waals surface area (Å²) in [7, 11) is 0. The van der Waals surface area contributed by atoms with Gasteiger partial charge in [-0.15, -0.1) is 0 Å². The third-order valence-corrected chi connectivity index (χ3v) is 4.90. The molecule has 4 rings (SSSR count). The number of carbonyl (C=O) groups excluding carboxylic acids is 1. The fourth-order valence-electron chi connectivity index (χ4n) is 3.37. The van der Waals surface area contributed by atoms with E-state index in [4.69, 9.17) is 0 Å². The largest absolute Gasteiger partial charge is 0.348 e. The first-order valence-electron chi connectivity index (χ1n) is 8.86. The van der Waals surface area contributed by atoms with Crippen molar-refractivity contribution in [3.63, 3.8) is 0 Å². The van der Waals surface area contributed by atoms with Crippen LogP contribution in [0.5, 0.6) is 0 Å². The average molecular weight is 350 g/mol. The predicted molar refractivity (Wildman–Crippen MR) is 99.5 cm³/mol. The van der Waals surface area contributed by atoms with Crippen LogP contribution in [0, 0.1) is 6.92 Å². The van der Waals surface area contributed by atoms with E-state index < -0.39 is 0 Å². The van der Waals surface area contributed by atoms with Gasteiger partial charge < -0.3 is 15.2 Å². The van der Waals surface area contributed by atoms with E-state index in [-0.39, 0.29) is 6.03 Å². The number of nitrogens with one attached hydrogen (secondary N) is 2. The number of imidazole rings is 1. The Bertz CT molecular complexity index is 863. The lowest BCUT2D eigenvalue weighted by Crippen LogP contribution is -2.40. The minimum atomic E-state index is -0.0660. The molecule has 0 bridgehead atoms. The van der Waals surface area contributed by atoms with Gasteiger partial charge in [-0.05, 0) is 31.9 Å². The summed E-state index contributed by atoms with van der Waals surface area (Å²) in [6.07, 6.45) is 7.33. The van der Waals surface area contributed by atoms with Crippen molar-refractivity contribution in [3.05, 3.63) is 60.4 Å². The van der Waals surface area contributed by atoms with Crippen LogP contribution in [-0.4, -0.2) is 43.8 Å². The van der Waals surface area contributed by atoms with Crippen molar-refractivity contribution in [1.29, 1.82) is 0 Å². The fraction of sp³-hybridized carbons (Fsp3) is 0.316. The molecule has 2 N–H and O–H groups in total. The zero-order valence-electron chi connectivity index (χ0n) is 14.7. The molecule has 0 radical (unpaired) electrons. The van der Waals surface area contributed by atoms with Crippen LogP contribution >= 0.6 is 0 Å². The fourth-order valence-corrected chi connectivity index (χ4v) is 3.37. The molecule has 0 saturated carbocycles. The Morgan fingerprint density at radius 3 is 2.69 bits per heavy atom. The molecule has 0 unspecified atom stereocenters. The lowest BCUT2D eigenvalue weighted by molar-refractivity contribution is 0.194. The molecule has 1 aliphatic heterocycles. The molecule has 7 nitrogen and oxygen atoms in total. The number of piperidine rings is 1. The summed E-state index contributed by atoms with van der Waals surface area (Å²) in [6.45, 7) is 3.38. The van der Waals surface area contributed by atoms with Gasteiger partial charge in [-0.2, -0.15) is 5.10 Å². The van der Waals surface area contributed by atoms with E-state index in [1.165, 1.54) is 0 Å².